The van der Waals surface area contributed by atoms with Crippen molar-refractivity contribution < 1.29 is 24.2 Å². The van der Waals surface area contributed by atoms with Crippen molar-refractivity contribution in [3.63, 3.8) is 0 Å². The first-order valence-corrected chi connectivity index (χ1v) is 8.46. The van der Waals surface area contributed by atoms with Crippen LogP contribution in [0.3, 0.4) is 0 Å². The van der Waals surface area contributed by atoms with E-state index in [2.05, 4.69) is 22.2 Å². The van der Waals surface area contributed by atoms with Crippen molar-refractivity contribution in [1.82, 2.24) is 15.3 Å². The highest BCUT2D eigenvalue weighted by Crippen LogP contribution is 2.42. The van der Waals surface area contributed by atoms with E-state index in [0.29, 0.717) is 18.0 Å². The minimum atomic E-state index is -1.15. The Kier molecular flexibility index (Phi) is 5.22. The number of aromatic nitrogens is 2. The normalized spacial score (nSPS) is 15.8. The number of hydrogen-bond donors (Lipinski definition) is 3. The molecule has 0 amide bonds. The van der Waals surface area contributed by atoms with E-state index < -0.39 is 11.9 Å². The fourth-order valence-corrected chi connectivity index (χ4v) is 2.86. The summed E-state index contributed by atoms with van der Waals surface area (Å²) in [6.45, 7) is 4.68. The summed E-state index contributed by atoms with van der Waals surface area (Å²) in [5.41, 5.74) is 1.54. The Balaban J connectivity index is 1.66. The lowest BCUT2D eigenvalue weighted by Gasteiger charge is -2.20. The SMILES string of the molecule is CC(CCc1cnc[nH]1)CNC(C)c1c2ccc(O)c1OC(=O)C(=O)O2. The lowest BCUT2D eigenvalue weighted by Crippen LogP contribution is -2.25. The number of nitrogens with zero attached hydrogens (tertiary/aromatic N) is 1. The standard InChI is InChI=1S/C18H21N3O5/c1-10(3-4-12-8-19-9-21-12)7-20-11(2)15-14-6-5-13(22)16(15)26-18(24)17(23)25-14/h5-6,8-11,20,22H,3-4,7H2,1-2H3,(H,19,21). The molecule has 8 heteroatoms. The number of aryl methyl sites for hydroxylation is 1. The van der Waals surface area contributed by atoms with E-state index in [-0.39, 0.29) is 23.3 Å². The lowest BCUT2D eigenvalue weighted by molar-refractivity contribution is -0.155. The number of esters is 2. The monoisotopic (exact) mass is 359 g/mol. The van der Waals surface area contributed by atoms with Gasteiger partial charge in [-0.15, -0.1) is 0 Å². The molecule has 1 aromatic carbocycles. The van der Waals surface area contributed by atoms with Gasteiger partial charge in [0.25, 0.3) is 0 Å². The van der Waals surface area contributed by atoms with Crippen molar-refractivity contribution in [1.29, 1.82) is 0 Å². The van der Waals surface area contributed by atoms with Gasteiger partial charge in [-0.3, -0.25) is 0 Å². The smallest absolute Gasteiger partial charge is 0.423 e. The molecule has 1 aliphatic rings. The number of imidazole rings is 1. The minimum Gasteiger partial charge on any atom is -0.504 e. The minimum absolute atomic E-state index is 0.0385. The van der Waals surface area contributed by atoms with Crippen molar-refractivity contribution in [2.45, 2.75) is 32.7 Å². The number of rotatable bonds is 7. The summed E-state index contributed by atoms with van der Waals surface area (Å²) in [5, 5.41) is 13.4. The molecule has 2 unspecified atom stereocenters. The van der Waals surface area contributed by atoms with Crippen LogP contribution in [-0.4, -0.2) is 33.6 Å². The Morgan fingerprint density at radius 1 is 1.23 bits per heavy atom. The van der Waals surface area contributed by atoms with Crippen molar-refractivity contribution in [3.05, 3.63) is 35.9 Å². The molecule has 0 spiro atoms. The van der Waals surface area contributed by atoms with Crippen molar-refractivity contribution in [2.75, 3.05) is 6.54 Å². The van der Waals surface area contributed by atoms with Crippen LogP contribution in [0.1, 0.15) is 37.6 Å². The molecule has 2 aromatic rings. The Hall–Kier alpha value is -2.87. The van der Waals surface area contributed by atoms with Crippen LogP contribution in [0.25, 0.3) is 0 Å². The predicted molar refractivity (Wildman–Crippen MR) is 91.9 cm³/mol. The Morgan fingerprint density at radius 3 is 2.73 bits per heavy atom. The quantitative estimate of drug-likeness (QED) is 0.393. The molecule has 0 saturated carbocycles. The molecule has 3 N–H and O–H groups in total. The summed E-state index contributed by atoms with van der Waals surface area (Å²) < 4.78 is 10.1. The number of phenolic OH excluding ortho intramolecular Hbond substituents is 1. The summed E-state index contributed by atoms with van der Waals surface area (Å²) in [4.78, 5) is 30.3. The number of carbonyl (C=O) groups excluding carboxylic acids is 2. The molecule has 2 heterocycles. The average Bonchev–Trinajstić information content (AvgIpc) is 3.11. The van der Waals surface area contributed by atoms with E-state index >= 15 is 0 Å². The van der Waals surface area contributed by atoms with Gasteiger partial charge in [0.15, 0.2) is 11.5 Å². The van der Waals surface area contributed by atoms with Crippen LogP contribution in [0, 0.1) is 5.92 Å². The molecule has 0 saturated heterocycles. The van der Waals surface area contributed by atoms with E-state index in [1.807, 2.05) is 13.1 Å². The third kappa shape index (κ3) is 3.85. The number of phenols is 1. The predicted octanol–water partition coefficient (Wildman–Crippen LogP) is 1.86. The van der Waals surface area contributed by atoms with Gasteiger partial charge in [0.2, 0.25) is 0 Å². The van der Waals surface area contributed by atoms with E-state index in [4.69, 9.17) is 9.47 Å². The topological polar surface area (TPSA) is 114 Å². The van der Waals surface area contributed by atoms with Crippen LogP contribution >= 0.6 is 0 Å². The molecule has 0 fully saturated rings. The molecule has 1 aliphatic heterocycles. The Labute approximate surface area is 150 Å². The zero-order valence-corrected chi connectivity index (χ0v) is 14.6. The summed E-state index contributed by atoms with van der Waals surface area (Å²) >= 11 is 0. The van der Waals surface area contributed by atoms with Crippen molar-refractivity contribution >= 4 is 11.9 Å². The fraction of sp³-hybridized carbons (Fsp3) is 0.389. The molecule has 0 radical (unpaired) electrons. The van der Waals surface area contributed by atoms with Crippen LogP contribution in [0.15, 0.2) is 24.7 Å². The van der Waals surface area contributed by atoms with Gasteiger partial charge >= 0.3 is 11.9 Å². The largest absolute Gasteiger partial charge is 0.504 e. The molecule has 2 bridgehead atoms. The van der Waals surface area contributed by atoms with Gasteiger partial charge < -0.3 is 24.9 Å². The highest BCUT2D eigenvalue weighted by Gasteiger charge is 2.32. The van der Waals surface area contributed by atoms with Crippen molar-refractivity contribution in [3.8, 4) is 17.2 Å². The lowest BCUT2D eigenvalue weighted by atomic mass is 10.0. The number of fused-ring (bicyclic) bond motifs is 2. The molecular formula is C18H21N3O5. The Morgan fingerprint density at radius 2 is 2.00 bits per heavy atom. The van der Waals surface area contributed by atoms with Gasteiger partial charge in [-0.1, -0.05) is 6.92 Å². The van der Waals surface area contributed by atoms with E-state index in [0.717, 1.165) is 18.5 Å². The van der Waals surface area contributed by atoms with E-state index in [9.17, 15) is 14.7 Å². The third-order valence-electron chi connectivity index (χ3n) is 4.37. The van der Waals surface area contributed by atoms with Crippen LogP contribution in [0.5, 0.6) is 17.2 Å². The summed E-state index contributed by atoms with van der Waals surface area (Å²) in [6.07, 6.45) is 5.34. The van der Waals surface area contributed by atoms with Gasteiger partial charge in [0.1, 0.15) is 5.75 Å². The maximum Gasteiger partial charge on any atom is 0.423 e. The number of H-pyrrole nitrogens is 1. The number of aromatic hydroxyl groups is 1. The zero-order chi connectivity index (χ0) is 18.7. The highest BCUT2D eigenvalue weighted by molar-refractivity contribution is 6.31. The molecule has 2 atom stereocenters. The van der Waals surface area contributed by atoms with Crippen LogP contribution in [0.2, 0.25) is 0 Å². The second kappa shape index (κ2) is 7.57. The van der Waals surface area contributed by atoms with Gasteiger partial charge in [-0.2, -0.15) is 0 Å². The van der Waals surface area contributed by atoms with Gasteiger partial charge in [0, 0.05) is 17.9 Å². The first-order chi connectivity index (χ1) is 12.5. The second-order valence-electron chi connectivity index (χ2n) is 6.46. The molecule has 1 aromatic heterocycles. The molecule has 0 aliphatic carbocycles. The fourth-order valence-electron chi connectivity index (χ4n) is 2.86. The van der Waals surface area contributed by atoms with Gasteiger partial charge in [-0.25, -0.2) is 14.6 Å². The number of carbonyl (C=O) groups is 2. The third-order valence-corrected chi connectivity index (χ3v) is 4.37. The summed E-state index contributed by atoms with van der Waals surface area (Å²) in [6, 6.07) is 2.49. The maximum atomic E-state index is 11.6. The first-order valence-electron chi connectivity index (χ1n) is 8.46. The van der Waals surface area contributed by atoms with Gasteiger partial charge in [0.05, 0.1) is 11.9 Å². The van der Waals surface area contributed by atoms with Crippen LogP contribution in [0.4, 0.5) is 0 Å². The number of benzene rings is 1. The summed E-state index contributed by atoms with van der Waals surface area (Å²) in [5.74, 6) is -1.92. The molecule has 3 rings (SSSR count). The molecule has 26 heavy (non-hydrogen) atoms. The maximum absolute atomic E-state index is 11.6. The number of hydrogen-bond acceptors (Lipinski definition) is 7. The average molecular weight is 359 g/mol. The molecule has 138 valence electrons. The van der Waals surface area contributed by atoms with E-state index in [1.165, 1.54) is 12.1 Å². The Bertz CT molecular complexity index is 803. The van der Waals surface area contributed by atoms with Gasteiger partial charge in [-0.05, 0) is 44.4 Å². The molecular weight excluding hydrogens is 338 g/mol. The highest BCUT2D eigenvalue weighted by atomic mass is 16.6. The number of nitrogens with one attached hydrogen (secondary N) is 2. The molecule has 8 nitrogen and oxygen atoms in total. The van der Waals surface area contributed by atoms with Crippen LogP contribution < -0.4 is 14.8 Å². The zero-order valence-electron chi connectivity index (χ0n) is 14.6. The summed E-state index contributed by atoms with van der Waals surface area (Å²) in [7, 11) is 0. The van der Waals surface area contributed by atoms with E-state index in [1.54, 1.807) is 6.33 Å². The number of aromatic amines is 1. The van der Waals surface area contributed by atoms with Crippen LogP contribution in [-0.2, 0) is 16.0 Å². The number of ether oxygens (including phenoxy) is 2. The second-order valence-corrected chi connectivity index (χ2v) is 6.46. The first kappa shape index (κ1) is 17.9. The van der Waals surface area contributed by atoms with Crippen molar-refractivity contribution in [2.24, 2.45) is 5.92 Å².